The summed E-state index contributed by atoms with van der Waals surface area (Å²) in [6.45, 7) is 10.2. The molecule has 1 unspecified atom stereocenters. The van der Waals surface area contributed by atoms with Gasteiger partial charge in [0.25, 0.3) is 0 Å². The van der Waals surface area contributed by atoms with Crippen LogP contribution in [0.2, 0.25) is 0 Å². The maximum atomic E-state index is 3.49. The van der Waals surface area contributed by atoms with E-state index in [4.69, 9.17) is 0 Å². The second-order valence-corrected chi connectivity index (χ2v) is 7.05. The smallest absolute Gasteiger partial charge is 0.0349 e. The number of benzene rings is 1. The molecule has 0 bridgehead atoms. The van der Waals surface area contributed by atoms with Crippen LogP contribution in [0.3, 0.4) is 0 Å². The molecule has 1 aromatic carbocycles. The molecule has 3 heteroatoms. The Morgan fingerprint density at radius 1 is 1.35 bits per heavy atom. The third-order valence-corrected chi connectivity index (χ3v) is 5.42. The molecule has 1 N–H and O–H groups in total. The molecule has 1 aliphatic rings. The molecule has 1 fully saturated rings. The van der Waals surface area contributed by atoms with Gasteiger partial charge in [-0.3, -0.25) is 4.90 Å². The zero-order valence-corrected chi connectivity index (χ0v) is 13.3. The Labute approximate surface area is 125 Å². The van der Waals surface area contributed by atoms with Crippen molar-refractivity contribution in [3.8, 4) is 0 Å². The number of fused-ring (bicyclic) bond motifs is 1. The van der Waals surface area contributed by atoms with Crippen molar-refractivity contribution in [3.63, 3.8) is 0 Å². The molecular formula is C17H24N2S. The first kappa shape index (κ1) is 14.1. The lowest BCUT2D eigenvalue weighted by Crippen LogP contribution is -2.21. The van der Waals surface area contributed by atoms with Gasteiger partial charge >= 0.3 is 0 Å². The van der Waals surface area contributed by atoms with Crippen LogP contribution in [-0.4, -0.2) is 24.5 Å². The third kappa shape index (κ3) is 2.90. The molecule has 108 valence electrons. The number of rotatable bonds is 5. The fraction of sp³-hybridized carbons (Fsp3) is 0.529. The molecule has 1 atom stereocenters. The van der Waals surface area contributed by atoms with Gasteiger partial charge in [-0.15, -0.1) is 11.3 Å². The van der Waals surface area contributed by atoms with E-state index in [0.717, 1.165) is 25.6 Å². The highest BCUT2D eigenvalue weighted by Gasteiger charge is 2.21. The summed E-state index contributed by atoms with van der Waals surface area (Å²) < 4.78 is 1.43. The Bertz CT molecular complexity index is 575. The minimum Gasteiger partial charge on any atom is -0.312 e. The van der Waals surface area contributed by atoms with Gasteiger partial charge in [0, 0.05) is 29.2 Å². The molecule has 1 aromatic heterocycles. The van der Waals surface area contributed by atoms with Crippen LogP contribution >= 0.6 is 11.3 Å². The van der Waals surface area contributed by atoms with Crippen molar-refractivity contribution in [1.29, 1.82) is 0 Å². The normalized spacial score (nSPS) is 20.0. The van der Waals surface area contributed by atoms with Crippen LogP contribution in [0.5, 0.6) is 0 Å². The van der Waals surface area contributed by atoms with Crippen molar-refractivity contribution in [2.75, 3.05) is 19.6 Å². The van der Waals surface area contributed by atoms with E-state index in [1.165, 1.54) is 34.5 Å². The Hall–Kier alpha value is -0.900. The molecule has 1 aliphatic heterocycles. The van der Waals surface area contributed by atoms with Crippen molar-refractivity contribution in [3.05, 3.63) is 34.7 Å². The monoisotopic (exact) mass is 288 g/mol. The van der Waals surface area contributed by atoms with E-state index >= 15 is 0 Å². The second-order valence-electron chi connectivity index (χ2n) is 5.91. The molecule has 0 saturated carbocycles. The number of likely N-dealkylation sites (tertiary alicyclic amines) is 1. The highest BCUT2D eigenvalue weighted by Crippen LogP contribution is 2.33. The van der Waals surface area contributed by atoms with Gasteiger partial charge in [0.2, 0.25) is 0 Å². The number of hydrogen-bond acceptors (Lipinski definition) is 3. The summed E-state index contributed by atoms with van der Waals surface area (Å²) in [7, 11) is 0. The van der Waals surface area contributed by atoms with Crippen molar-refractivity contribution in [2.45, 2.75) is 33.4 Å². The summed E-state index contributed by atoms with van der Waals surface area (Å²) in [4.78, 5) is 4.14. The van der Waals surface area contributed by atoms with Crippen molar-refractivity contribution in [2.24, 2.45) is 5.92 Å². The molecule has 2 heterocycles. The van der Waals surface area contributed by atoms with Crippen LogP contribution in [-0.2, 0) is 13.1 Å². The highest BCUT2D eigenvalue weighted by molar-refractivity contribution is 7.19. The van der Waals surface area contributed by atoms with Crippen molar-refractivity contribution < 1.29 is 0 Å². The standard InChI is InChI=1S/C17H24N2S/c1-3-18-10-17-15(12-19-9-8-13(2)11-19)14-6-4-5-7-16(14)20-17/h4-7,13,18H,3,8-12H2,1-2H3. The van der Waals surface area contributed by atoms with Crippen molar-refractivity contribution in [1.82, 2.24) is 10.2 Å². The average Bonchev–Trinajstić information content (AvgIpc) is 3.02. The molecular weight excluding hydrogens is 264 g/mol. The Morgan fingerprint density at radius 3 is 2.95 bits per heavy atom. The van der Waals surface area contributed by atoms with Gasteiger partial charge in [-0.2, -0.15) is 0 Å². The van der Waals surface area contributed by atoms with E-state index in [9.17, 15) is 0 Å². The summed E-state index contributed by atoms with van der Waals surface area (Å²) >= 11 is 1.96. The molecule has 3 rings (SSSR count). The summed E-state index contributed by atoms with van der Waals surface area (Å²) in [6, 6.07) is 8.86. The lowest BCUT2D eigenvalue weighted by Gasteiger charge is -2.16. The van der Waals surface area contributed by atoms with Crippen LogP contribution in [0.15, 0.2) is 24.3 Å². The van der Waals surface area contributed by atoms with E-state index in [0.29, 0.717) is 0 Å². The van der Waals surface area contributed by atoms with Crippen LogP contribution in [0.25, 0.3) is 10.1 Å². The first-order chi connectivity index (χ1) is 9.78. The number of thiophene rings is 1. The van der Waals surface area contributed by atoms with Crippen LogP contribution < -0.4 is 5.32 Å². The summed E-state index contributed by atoms with van der Waals surface area (Å²) in [6.07, 6.45) is 1.35. The molecule has 0 amide bonds. The molecule has 2 nitrogen and oxygen atoms in total. The van der Waals surface area contributed by atoms with E-state index in [1.807, 2.05) is 11.3 Å². The van der Waals surface area contributed by atoms with Gasteiger partial charge in [0.05, 0.1) is 0 Å². The maximum Gasteiger partial charge on any atom is 0.0349 e. The lowest BCUT2D eigenvalue weighted by atomic mass is 10.1. The highest BCUT2D eigenvalue weighted by atomic mass is 32.1. The van der Waals surface area contributed by atoms with Gasteiger partial charge in [-0.1, -0.05) is 32.0 Å². The summed E-state index contributed by atoms with van der Waals surface area (Å²) in [5, 5.41) is 4.95. The molecule has 0 radical (unpaired) electrons. The largest absolute Gasteiger partial charge is 0.312 e. The lowest BCUT2D eigenvalue weighted by molar-refractivity contribution is 0.321. The second kappa shape index (κ2) is 6.25. The molecule has 0 spiro atoms. The van der Waals surface area contributed by atoms with Gasteiger partial charge in [0.15, 0.2) is 0 Å². The zero-order chi connectivity index (χ0) is 13.9. The zero-order valence-electron chi connectivity index (χ0n) is 12.5. The summed E-state index contributed by atoms with van der Waals surface area (Å²) in [5.41, 5.74) is 1.56. The van der Waals surface area contributed by atoms with Gasteiger partial charge < -0.3 is 5.32 Å². The fourth-order valence-corrected chi connectivity index (χ4v) is 4.28. The quantitative estimate of drug-likeness (QED) is 0.899. The third-order valence-electron chi connectivity index (χ3n) is 4.21. The first-order valence-electron chi connectivity index (χ1n) is 7.70. The minimum absolute atomic E-state index is 0.858. The average molecular weight is 288 g/mol. The number of hydrogen-bond donors (Lipinski definition) is 1. The minimum atomic E-state index is 0.858. The predicted octanol–water partition coefficient (Wildman–Crippen LogP) is 3.85. The number of nitrogens with zero attached hydrogens (tertiary/aromatic N) is 1. The van der Waals surface area contributed by atoms with E-state index in [1.54, 1.807) is 5.56 Å². The van der Waals surface area contributed by atoms with Gasteiger partial charge in [-0.25, -0.2) is 0 Å². The molecule has 20 heavy (non-hydrogen) atoms. The molecule has 0 aliphatic carbocycles. The predicted molar refractivity (Wildman–Crippen MR) is 88.3 cm³/mol. The summed E-state index contributed by atoms with van der Waals surface area (Å²) in [5.74, 6) is 0.858. The first-order valence-corrected chi connectivity index (χ1v) is 8.52. The van der Waals surface area contributed by atoms with Crippen LogP contribution in [0, 0.1) is 5.92 Å². The van der Waals surface area contributed by atoms with E-state index in [2.05, 4.69) is 48.3 Å². The molecule has 1 saturated heterocycles. The van der Waals surface area contributed by atoms with Crippen molar-refractivity contribution >= 4 is 21.4 Å². The SMILES string of the molecule is CCNCc1sc2ccccc2c1CN1CCC(C)C1. The maximum absolute atomic E-state index is 3.49. The van der Waals surface area contributed by atoms with Crippen LogP contribution in [0.1, 0.15) is 30.7 Å². The fourth-order valence-electron chi connectivity index (χ4n) is 3.10. The van der Waals surface area contributed by atoms with E-state index in [-0.39, 0.29) is 0 Å². The Morgan fingerprint density at radius 2 is 2.20 bits per heavy atom. The Balaban J connectivity index is 1.89. The van der Waals surface area contributed by atoms with Crippen LogP contribution in [0.4, 0.5) is 0 Å². The molecule has 2 aromatic rings. The van der Waals surface area contributed by atoms with Gasteiger partial charge in [0.1, 0.15) is 0 Å². The number of nitrogens with one attached hydrogen (secondary N) is 1. The topological polar surface area (TPSA) is 15.3 Å². The van der Waals surface area contributed by atoms with E-state index < -0.39 is 0 Å². The van der Waals surface area contributed by atoms with Gasteiger partial charge in [-0.05, 0) is 42.4 Å². The Kier molecular flexibility index (Phi) is 4.39.